The summed E-state index contributed by atoms with van der Waals surface area (Å²) in [5.74, 6) is 0. The summed E-state index contributed by atoms with van der Waals surface area (Å²) in [6.07, 6.45) is 0. The molecule has 2 aliphatic heterocycles. The zero-order valence-electron chi connectivity index (χ0n) is 6.87. The molecule has 2 heterocycles. The Labute approximate surface area is 70.9 Å². The van der Waals surface area contributed by atoms with E-state index in [4.69, 9.17) is 4.84 Å². The lowest BCUT2D eigenvalue weighted by Crippen LogP contribution is -2.25. The highest BCUT2D eigenvalue weighted by Gasteiger charge is 2.55. The number of hydrogen-bond acceptors (Lipinski definition) is 3. The van der Waals surface area contributed by atoms with Crippen LogP contribution in [0.4, 0.5) is 5.69 Å². The van der Waals surface area contributed by atoms with Crippen molar-refractivity contribution in [3.05, 3.63) is 29.8 Å². The highest BCUT2D eigenvalue weighted by Crippen LogP contribution is 2.49. The molecule has 1 fully saturated rings. The monoisotopic (exact) mass is 162 g/mol. The van der Waals surface area contributed by atoms with Crippen molar-refractivity contribution >= 4 is 5.69 Å². The number of hydrogen-bond donors (Lipinski definition) is 1. The molecule has 3 heteroatoms. The Bertz CT molecular complexity index is 337. The van der Waals surface area contributed by atoms with Gasteiger partial charge in [-0.1, -0.05) is 18.2 Å². The molecule has 0 radical (unpaired) electrons. The number of fused-ring (bicyclic) bond motifs is 3. The second-order valence-corrected chi connectivity index (χ2v) is 3.33. The highest BCUT2D eigenvalue weighted by atomic mass is 16.9. The lowest BCUT2D eigenvalue weighted by molar-refractivity contribution is 0.205. The molecule has 0 aliphatic carbocycles. The van der Waals surface area contributed by atoms with E-state index in [9.17, 15) is 0 Å². The summed E-state index contributed by atoms with van der Waals surface area (Å²) in [6.45, 7) is 2.88. The van der Waals surface area contributed by atoms with Crippen molar-refractivity contribution < 1.29 is 4.84 Å². The molecule has 1 aromatic carbocycles. The Morgan fingerprint density at radius 3 is 3.25 bits per heavy atom. The maximum absolute atomic E-state index is 5.46. The number of para-hydroxylation sites is 1. The molecule has 2 aliphatic rings. The van der Waals surface area contributed by atoms with Crippen LogP contribution in [-0.4, -0.2) is 11.7 Å². The normalized spacial score (nSPS) is 36.2. The zero-order valence-corrected chi connectivity index (χ0v) is 6.87. The van der Waals surface area contributed by atoms with Crippen LogP contribution in [0, 0.1) is 0 Å². The molecule has 62 valence electrons. The lowest BCUT2D eigenvalue weighted by atomic mass is 10.0. The average molecular weight is 162 g/mol. The van der Waals surface area contributed by atoms with Gasteiger partial charge in [0.15, 0.2) is 5.72 Å². The van der Waals surface area contributed by atoms with E-state index in [0.29, 0.717) is 0 Å². The molecular weight excluding hydrogens is 152 g/mol. The van der Waals surface area contributed by atoms with Crippen molar-refractivity contribution in [2.24, 2.45) is 0 Å². The predicted octanol–water partition coefficient (Wildman–Crippen LogP) is 1.49. The first-order valence-electron chi connectivity index (χ1n) is 4.11. The molecule has 2 unspecified atom stereocenters. The largest absolute Gasteiger partial charge is 0.370 e. The van der Waals surface area contributed by atoms with Gasteiger partial charge in [0.1, 0.15) is 0 Å². The van der Waals surface area contributed by atoms with Crippen LogP contribution in [0.15, 0.2) is 24.3 Å². The van der Waals surface area contributed by atoms with Gasteiger partial charge in [-0.05, 0) is 13.0 Å². The van der Waals surface area contributed by atoms with Crippen LogP contribution in [0.25, 0.3) is 0 Å². The summed E-state index contributed by atoms with van der Waals surface area (Å²) in [7, 11) is 0. The Balaban J connectivity index is 2.19. The van der Waals surface area contributed by atoms with E-state index in [2.05, 4.69) is 24.4 Å². The van der Waals surface area contributed by atoms with Crippen LogP contribution < -0.4 is 5.32 Å². The smallest absolute Gasteiger partial charge is 0.191 e. The molecule has 0 aromatic heterocycles. The standard InChI is InChI=1S/C9H10N2O/c1-9-7-4-2-3-5-8(7)10-6-11(9)12-9/h2-5,10H,6H2,1H3. The first-order valence-corrected chi connectivity index (χ1v) is 4.11. The van der Waals surface area contributed by atoms with E-state index in [1.54, 1.807) is 0 Å². The van der Waals surface area contributed by atoms with Gasteiger partial charge in [0.25, 0.3) is 0 Å². The van der Waals surface area contributed by atoms with E-state index < -0.39 is 0 Å². The molecule has 1 N–H and O–H groups in total. The fourth-order valence-electron chi connectivity index (χ4n) is 1.76. The number of benzene rings is 1. The molecule has 0 spiro atoms. The van der Waals surface area contributed by atoms with Gasteiger partial charge in [-0.3, -0.25) is 4.84 Å². The van der Waals surface area contributed by atoms with Crippen molar-refractivity contribution in [2.45, 2.75) is 12.6 Å². The molecule has 12 heavy (non-hydrogen) atoms. The maximum atomic E-state index is 5.46. The predicted molar refractivity (Wildman–Crippen MR) is 45.2 cm³/mol. The third-order valence-electron chi connectivity index (χ3n) is 2.57. The minimum Gasteiger partial charge on any atom is -0.370 e. The van der Waals surface area contributed by atoms with E-state index in [-0.39, 0.29) is 5.72 Å². The van der Waals surface area contributed by atoms with Crippen molar-refractivity contribution in [1.82, 2.24) is 5.06 Å². The quantitative estimate of drug-likeness (QED) is 0.586. The van der Waals surface area contributed by atoms with Gasteiger partial charge in [-0.15, -0.1) is 5.06 Å². The lowest BCUT2D eigenvalue weighted by Gasteiger charge is -2.19. The minimum absolute atomic E-state index is 0.151. The molecule has 3 rings (SSSR count). The van der Waals surface area contributed by atoms with E-state index in [1.807, 2.05) is 17.2 Å². The number of nitrogens with one attached hydrogen (secondary N) is 1. The fraction of sp³-hybridized carbons (Fsp3) is 0.333. The fourth-order valence-corrected chi connectivity index (χ4v) is 1.76. The first kappa shape index (κ1) is 6.46. The molecule has 1 aromatic rings. The second kappa shape index (κ2) is 1.81. The topological polar surface area (TPSA) is 27.6 Å². The average Bonchev–Trinajstić information content (AvgIpc) is 2.78. The van der Waals surface area contributed by atoms with Gasteiger partial charge in [-0.25, -0.2) is 0 Å². The number of nitrogens with zero attached hydrogens (tertiary/aromatic N) is 1. The first-order chi connectivity index (χ1) is 5.81. The summed E-state index contributed by atoms with van der Waals surface area (Å²) >= 11 is 0. The van der Waals surface area contributed by atoms with Crippen LogP contribution in [0.3, 0.4) is 0 Å². The number of anilines is 1. The van der Waals surface area contributed by atoms with Gasteiger partial charge < -0.3 is 5.32 Å². The number of rotatable bonds is 0. The van der Waals surface area contributed by atoms with E-state index in [1.165, 1.54) is 11.3 Å². The molecule has 2 atom stereocenters. The van der Waals surface area contributed by atoms with Crippen LogP contribution in [-0.2, 0) is 10.6 Å². The SMILES string of the molecule is CC12ON1CNc1ccccc12. The molecule has 0 saturated carbocycles. The van der Waals surface area contributed by atoms with Gasteiger partial charge in [0.05, 0.1) is 6.67 Å². The zero-order chi connectivity index (χ0) is 8.18. The number of hydroxylamine groups is 2. The van der Waals surface area contributed by atoms with Gasteiger partial charge in [0.2, 0.25) is 0 Å². The molecule has 1 saturated heterocycles. The summed E-state index contributed by atoms with van der Waals surface area (Å²) < 4.78 is 0. The van der Waals surface area contributed by atoms with Crippen LogP contribution >= 0.6 is 0 Å². The molecule has 0 amide bonds. The van der Waals surface area contributed by atoms with Gasteiger partial charge >= 0.3 is 0 Å². The Morgan fingerprint density at radius 1 is 1.50 bits per heavy atom. The molecule has 3 nitrogen and oxygen atoms in total. The Morgan fingerprint density at radius 2 is 2.33 bits per heavy atom. The summed E-state index contributed by atoms with van der Waals surface area (Å²) in [4.78, 5) is 5.46. The van der Waals surface area contributed by atoms with E-state index in [0.717, 1.165) is 6.67 Å². The van der Waals surface area contributed by atoms with Crippen molar-refractivity contribution in [1.29, 1.82) is 0 Å². The second-order valence-electron chi connectivity index (χ2n) is 3.33. The Hall–Kier alpha value is -1.06. The molecular formula is C9H10N2O. The van der Waals surface area contributed by atoms with Crippen LogP contribution in [0.2, 0.25) is 0 Å². The summed E-state index contributed by atoms with van der Waals surface area (Å²) in [5, 5.41) is 5.22. The molecule has 0 bridgehead atoms. The third-order valence-corrected chi connectivity index (χ3v) is 2.57. The third kappa shape index (κ3) is 0.629. The minimum atomic E-state index is -0.151. The van der Waals surface area contributed by atoms with Crippen molar-refractivity contribution in [3.8, 4) is 0 Å². The summed E-state index contributed by atoms with van der Waals surface area (Å²) in [6, 6.07) is 8.26. The van der Waals surface area contributed by atoms with Crippen molar-refractivity contribution in [2.75, 3.05) is 12.0 Å². The Kier molecular flexibility index (Phi) is 0.975. The van der Waals surface area contributed by atoms with Crippen LogP contribution in [0.5, 0.6) is 0 Å². The van der Waals surface area contributed by atoms with Gasteiger partial charge in [-0.2, -0.15) is 0 Å². The van der Waals surface area contributed by atoms with Crippen LogP contribution in [0.1, 0.15) is 12.5 Å². The van der Waals surface area contributed by atoms with Gasteiger partial charge in [0, 0.05) is 11.3 Å². The van der Waals surface area contributed by atoms with E-state index >= 15 is 0 Å². The maximum Gasteiger partial charge on any atom is 0.191 e. The highest BCUT2D eigenvalue weighted by molar-refractivity contribution is 5.56. The summed E-state index contributed by atoms with van der Waals surface area (Å²) in [5.41, 5.74) is 2.27. The van der Waals surface area contributed by atoms with Crippen molar-refractivity contribution in [3.63, 3.8) is 0 Å².